The summed E-state index contributed by atoms with van der Waals surface area (Å²) < 4.78 is 0. The van der Waals surface area contributed by atoms with E-state index in [4.69, 9.17) is 10.8 Å². The molecule has 0 spiro atoms. The maximum Gasteiger partial charge on any atom is 0.0540 e. The number of nitrogens with one attached hydrogen (secondary N) is 2. The zero-order valence-corrected chi connectivity index (χ0v) is 34.6. The van der Waals surface area contributed by atoms with Gasteiger partial charge in [-0.1, -0.05) is 147 Å². The predicted molar refractivity (Wildman–Crippen MR) is 225 cm³/mol. The molecule has 0 aromatic heterocycles. The summed E-state index contributed by atoms with van der Waals surface area (Å²) in [7, 11) is 0. The summed E-state index contributed by atoms with van der Waals surface area (Å²) in [4.78, 5) is 0. The van der Waals surface area contributed by atoms with E-state index in [9.17, 15) is 0 Å². The number of nitrogens with two attached hydrogens (primary N) is 1. The van der Waals surface area contributed by atoms with Crippen LogP contribution in [0, 0.1) is 31.6 Å². The molecule has 1 aliphatic heterocycles. The second-order valence-electron chi connectivity index (χ2n) is 15.1. The third kappa shape index (κ3) is 21.5. The molecule has 1 saturated carbocycles. The summed E-state index contributed by atoms with van der Waals surface area (Å²) >= 11 is 0. The Bertz CT molecular complexity index is 1210. The van der Waals surface area contributed by atoms with Crippen molar-refractivity contribution in [1.29, 1.82) is 0 Å². The summed E-state index contributed by atoms with van der Waals surface area (Å²) in [6.07, 6.45) is 15.3. The lowest BCUT2D eigenvalue weighted by molar-refractivity contribution is 0.109. The van der Waals surface area contributed by atoms with Gasteiger partial charge in [0.1, 0.15) is 0 Å². The van der Waals surface area contributed by atoms with Crippen molar-refractivity contribution in [3.05, 3.63) is 94.6 Å². The zero-order valence-electron chi connectivity index (χ0n) is 34.6. The van der Waals surface area contributed by atoms with Crippen molar-refractivity contribution in [2.24, 2.45) is 23.5 Å². The molecule has 4 nitrogen and oxygen atoms in total. The Morgan fingerprint density at radius 3 is 1.82 bits per heavy atom. The molecule has 5 N–H and O–H groups in total. The smallest absolute Gasteiger partial charge is 0.0540 e. The quantitative estimate of drug-likeness (QED) is 0.177. The molecule has 3 unspecified atom stereocenters. The molecule has 1 aliphatic carbocycles. The van der Waals surface area contributed by atoms with E-state index in [1.54, 1.807) is 0 Å². The first-order chi connectivity index (χ1) is 23.7. The first-order valence-electron chi connectivity index (χ1n) is 19.8. The normalized spacial score (nSPS) is 15.8. The molecule has 4 rings (SSSR count). The third-order valence-corrected chi connectivity index (χ3v) is 9.72. The highest BCUT2D eigenvalue weighted by atomic mass is 16.3. The number of hydrogen-bond acceptors (Lipinski definition) is 4. The highest BCUT2D eigenvalue weighted by Crippen LogP contribution is 2.25. The van der Waals surface area contributed by atoms with E-state index < -0.39 is 0 Å². The van der Waals surface area contributed by atoms with Crippen LogP contribution >= 0.6 is 0 Å². The van der Waals surface area contributed by atoms with Crippen LogP contribution in [0.15, 0.2) is 66.8 Å². The fraction of sp³-hybridized carbons (Fsp3) is 0.609. The summed E-state index contributed by atoms with van der Waals surface area (Å²) in [5, 5.41) is 15.7. The van der Waals surface area contributed by atoms with Gasteiger partial charge in [0, 0.05) is 23.8 Å². The predicted octanol–water partition coefficient (Wildman–Crippen LogP) is 12.0. The van der Waals surface area contributed by atoms with Crippen LogP contribution in [-0.2, 0) is 0 Å². The van der Waals surface area contributed by atoms with E-state index in [0.717, 1.165) is 18.0 Å². The molecule has 50 heavy (non-hydrogen) atoms. The topological polar surface area (TPSA) is 70.3 Å². The van der Waals surface area contributed by atoms with Crippen LogP contribution < -0.4 is 16.4 Å². The van der Waals surface area contributed by atoms with Gasteiger partial charge >= 0.3 is 0 Å². The van der Waals surface area contributed by atoms with Crippen LogP contribution in [0.1, 0.15) is 154 Å². The molecule has 284 valence electrons. The molecule has 2 aromatic carbocycles. The average Bonchev–Trinajstić information content (AvgIpc) is 3.66. The van der Waals surface area contributed by atoms with Crippen LogP contribution in [0.5, 0.6) is 0 Å². The van der Waals surface area contributed by atoms with Crippen molar-refractivity contribution >= 4 is 11.3 Å². The highest BCUT2D eigenvalue weighted by Gasteiger charge is 2.12. The minimum atomic E-state index is -0.157. The number of hydrogen-bond donors (Lipinski definition) is 4. The number of rotatable bonds is 11. The molecule has 3 atom stereocenters. The van der Waals surface area contributed by atoms with Crippen molar-refractivity contribution in [2.45, 2.75) is 147 Å². The van der Waals surface area contributed by atoms with E-state index in [0.29, 0.717) is 18.4 Å². The van der Waals surface area contributed by atoms with E-state index in [1.165, 1.54) is 97.0 Å². The van der Waals surface area contributed by atoms with Gasteiger partial charge in [0.2, 0.25) is 0 Å². The lowest BCUT2D eigenvalue weighted by atomic mass is 9.93. The van der Waals surface area contributed by atoms with Crippen molar-refractivity contribution in [3.63, 3.8) is 0 Å². The molecule has 4 heteroatoms. The standard InChI is InChI=1S/C26H34N2.C7H16O.C5H10.C5H12.C3H7N/c1-7-23(14-12-19(3)17-27)25-10-8-9-24(16-25)21(5)28-22(6)26-15-18(2)11-13-20(26)4;1-5(2)6(3)7(4)8;1-2-4-5-3-1;1-4-5(2)3;1-2-4-3-1/h8-16,21,28H,6-7,17,27H2,1-5H3;5-8H,1-4H3;1-5H2;5H,4H2,1-3H3;4H,1-3H2/b19-12+,23-14+;;;;. The molecule has 2 aromatic rings. The van der Waals surface area contributed by atoms with Crippen molar-refractivity contribution in [1.82, 2.24) is 10.6 Å². The Morgan fingerprint density at radius 1 is 0.880 bits per heavy atom. The Kier molecular flexibility index (Phi) is 26.5. The van der Waals surface area contributed by atoms with Crippen LogP contribution in [0.2, 0.25) is 0 Å². The van der Waals surface area contributed by atoms with E-state index in [2.05, 4.69) is 148 Å². The number of aliphatic hydroxyl groups excluding tert-OH is 1. The molecular weight excluding hydrogens is 611 g/mol. The third-order valence-electron chi connectivity index (χ3n) is 9.72. The molecule has 0 radical (unpaired) electrons. The highest BCUT2D eigenvalue weighted by molar-refractivity contribution is 5.68. The lowest BCUT2D eigenvalue weighted by Gasteiger charge is -2.20. The summed E-state index contributed by atoms with van der Waals surface area (Å²) in [6.45, 7) is 32.8. The van der Waals surface area contributed by atoms with Crippen LogP contribution in [0.25, 0.3) is 11.3 Å². The fourth-order valence-corrected chi connectivity index (χ4v) is 4.84. The maximum atomic E-state index is 8.99. The molecule has 0 bridgehead atoms. The molecule has 2 aliphatic rings. The molecule has 0 amide bonds. The van der Waals surface area contributed by atoms with Crippen molar-refractivity contribution < 1.29 is 5.11 Å². The van der Waals surface area contributed by atoms with Crippen molar-refractivity contribution in [3.8, 4) is 0 Å². The van der Waals surface area contributed by atoms with Gasteiger partial charge in [0.05, 0.1) is 6.10 Å². The van der Waals surface area contributed by atoms with Gasteiger partial charge in [-0.2, -0.15) is 0 Å². The number of aliphatic hydroxyl groups is 1. The summed E-state index contributed by atoms with van der Waals surface area (Å²) in [5.41, 5.74) is 15.3. The van der Waals surface area contributed by atoms with Gasteiger partial charge < -0.3 is 21.5 Å². The Labute approximate surface area is 310 Å². The Balaban J connectivity index is 0.000000868. The van der Waals surface area contributed by atoms with Crippen LogP contribution in [0.3, 0.4) is 0 Å². The maximum absolute atomic E-state index is 8.99. The van der Waals surface area contributed by atoms with Gasteiger partial charge in [0.15, 0.2) is 0 Å². The van der Waals surface area contributed by atoms with E-state index >= 15 is 0 Å². The van der Waals surface area contributed by atoms with Gasteiger partial charge in [0.25, 0.3) is 0 Å². The minimum Gasteiger partial charge on any atom is -0.393 e. The van der Waals surface area contributed by atoms with Gasteiger partial charge in [-0.25, -0.2) is 0 Å². The van der Waals surface area contributed by atoms with Gasteiger partial charge in [-0.05, 0) is 113 Å². The second-order valence-corrected chi connectivity index (χ2v) is 15.1. The molecule has 2 fully saturated rings. The number of aryl methyl sites for hydroxylation is 2. The lowest BCUT2D eigenvalue weighted by Crippen LogP contribution is -2.29. The minimum absolute atomic E-state index is 0.157. The molecular formula is C46H79N3O. The summed E-state index contributed by atoms with van der Waals surface area (Å²) in [6, 6.07) is 15.4. The fourth-order valence-electron chi connectivity index (χ4n) is 4.84. The Morgan fingerprint density at radius 2 is 1.42 bits per heavy atom. The number of benzene rings is 2. The Hall–Kier alpha value is -2.66. The van der Waals surface area contributed by atoms with Gasteiger partial charge in [-0.15, -0.1) is 0 Å². The van der Waals surface area contributed by atoms with Crippen molar-refractivity contribution in [2.75, 3.05) is 19.6 Å². The monoisotopic (exact) mass is 690 g/mol. The second kappa shape index (κ2) is 28.0. The largest absolute Gasteiger partial charge is 0.393 e. The first kappa shape index (κ1) is 47.3. The summed E-state index contributed by atoms with van der Waals surface area (Å²) in [5.74, 6) is 1.90. The molecule has 1 saturated heterocycles. The van der Waals surface area contributed by atoms with Gasteiger partial charge in [-0.3, -0.25) is 0 Å². The number of allylic oxidation sites excluding steroid dienone is 3. The SMILES string of the molecule is C1CCCC1.C1CNC1.C=C(NC(C)c1cccc(/C(=C/C=C(\C)CN)CC)c1)c1cc(C)ccc1C.CC(C)C(C)C(C)O.CCC(C)C. The van der Waals surface area contributed by atoms with Crippen LogP contribution in [0.4, 0.5) is 0 Å². The zero-order chi connectivity index (χ0) is 38.1. The molecule has 1 heterocycles. The average molecular weight is 690 g/mol. The van der Waals surface area contributed by atoms with E-state index in [1.807, 2.05) is 6.92 Å². The first-order valence-corrected chi connectivity index (χ1v) is 19.8. The van der Waals surface area contributed by atoms with Crippen LogP contribution in [-0.4, -0.2) is 30.8 Å². The van der Waals surface area contributed by atoms with E-state index in [-0.39, 0.29) is 12.1 Å².